The van der Waals surface area contributed by atoms with Crippen LogP contribution in [0.2, 0.25) is 0 Å². The van der Waals surface area contributed by atoms with Crippen molar-refractivity contribution in [2.24, 2.45) is 0 Å². The van der Waals surface area contributed by atoms with Gasteiger partial charge in [-0.15, -0.1) is 0 Å². The van der Waals surface area contributed by atoms with E-state index in [9.17, 15) is 4.39 Å². The van der Waals surface area contributed by atoms with Gasteiger partial charge in [0.2, 0.25) is 0 Å². The normalized spacial score (nSPS) is 12.7. The van der Waals surface area contributed by atoms with E-state index in [1.165, 1.54) is 16.3 Å². The van der Waals surface area contributed by atoms with E-state index in [2.05, 4.69) is 30.3 Å². The van der Waals surface area contributed by atoms with Crippen molar-refractivity contribution in [3.63, 3.8) is 0 Å². The zero-order valence-corrected chi connectivity index (χ0v) is 11.8. The Kier molecular flexibility index (Phi) is 5.96. The topological polar surface area (TPSA) is 18.5 Å². The van der Waals surface area contributed by atoms with Crippen molar-refractivity contribution >= 4 is 10.8 Å². The molecule has 0 aliphatic rings. The highest BCUT2D eigenvalue weighted by Crippen LogP contribution is 2.18. The van der Waals surface area contributed by atoms with Gasteiger partial charge >= 0.3 is 0 Å². The van der Waals surface area contributed by atoms with Crippen molar-refractivity contribution < 1.29 is 13.9 Å². The molecule has 0 saturated carbocycles. The van der Waals surface area contributed by atoms with Crippen molar-refractivity contribution in [3.8, 4) is 0 Å². The average Bonchev–Trinajstić information content (AvgIpc) is 2.50. The molecular formula is C17H21FO2. The molecule has 0 fully saturated rings. The Morgan fingerprint density at radius 3 is 2.70 bits per heavy atom. The zero-order chi connectivity index (χ0) is 14.2. The minimum atomic E-state index is -0.892. The molecule has 0 aliphatic heterocycles. The van der Waals surface area contributed by atoms with Crippen molar-refractivity contribution in [1.82, 2.24) is 0 Å². The van der Waals surface area contributed by atoms with Crippen LogP contribution in [-0.2, 0) is 15.9 Å². The predicted octanol–water partition coefficient (Wildman–Crippen LogP) is 4.12. The van der Waals surface area contributed by atoms with Crippen molar-refractivity contribution in [3.05, 3.63) is 48.0 Å². The van der Waals surface area contributed by atoms with Gasteiger partial charge in [-0.1, -0.05) is 49.4 Å². The van der Waals surface area contributed by atoms with Gasteiger partial charge in [0.1, 0.15) is 13.0 Å². The molecule has 3 heteroatoms. The van der Waals surface area contributed by atoms with Crippen LogP contribution in [0.4, 0.5) is 4.39 Å². The van der Waals surface area contributed by atoms with Gasteiger partial charge < -0.3 is 9.47 Å². The fraction of sp³-hybridized carbons (Fsp3) is 0.412. The zero-order valence-electron chi connectivity index (χ0n) is 11.8. The summed E-state index contributed by atoms with van der Waals surface area (Å²) in [6, 6.07) is 14.6. The first-order valence-electron chi connectivity index (χ1n) is 7.07. The van der Waals surface area contributed by atoms with Crippen LogP contribution in [0.25, 0.3) is 10.8 Å². The number of alkyl halides is 1. The van der Waals surface area contributed by atoms with Crippen molar-refractivity contribution in [2.45, 2.75) is 25.9 Å². The lowest BCUT2D eigenvalue weighted by Gasteiger charge is -2.09. The first-order valence-corrected chi connectivity index (χ1v) is 7.07. The summed E-state index contributed by atoms with van der Waals surface area (Å²) in [7, 11) is 0. The lowest BCUT2D eigenvalue weighted by molar-refractivity contribution is -0.0670. The van der Waals surface area contributed by atoms with Gasteiger partial charge in [-0.3, -0.25) is 0 Å². The minimum Gasteiger partial charge on any atom is -0.355 e. The Morgan fingerprint density at radius 1 is 1.05 bits per heavy atom. The smallest absolute Gasteiger partial charge is 0.146 e. The molecule has 1 atom stereocenters. The van der Waals surface area contributed by atoms with E-state index in [-0.39, 0.29) is 13.4 Å². The molecule has 0 saturated heterocycles. The van der Waals surface area contributed by atoms with Crippen LogP contribution < -0.4 is 0 Å². The third-order valence-electron chi connectivity index (χ3n) is 3.30. The second kappa shape index (κ2) is 7.98. The molecule has 0 aromatic heterocycles. The first kappa shape index (κ1) is 14.9. The van der Waals surface area contributed by atoms with E-state index < -0.39 is 6.17 Å². The molecule has 0 amide bonds. The lowest BCUT2D eigenvalue weighted by Crippen LogP contribution is -2.12. The molecule has 0 radical (unpaired) electrons. The maximum absolute atomic E-state index is 12.9. The Morgan fingerprint density at radius 2 is 1.85 bits per heavy atom. The van der Waals surface area contributed by atoms with Gasteiger partial charge in [0.25, 0.3) is 0 Å². The molecule has 2 rings (SSSR count). The van der Waals surface area contributed by atoms with E-state index in [0.717, 1.165) is 6.42 Å². The molecule has 108 valence electrons. The summed E-state index contributed by atoms with van der Waals surface area (Å²) < 4.78 is 23.4. The molecule has 1 unspecified atom stereocenters. The van der Waals surface area contributed by atoms with Crippen LogP contribution >= 0.6 is 0 Å². The standard InChI is InChI=1S/C17H21FO2/c1-2-16(18)12-20-13-19-11-10-15-8-5-7-14-6-3-4-9-17(14)15/h3-9,16H,2,10-13H2,1H3. The van der Waals surface area contributed by atoms with Gasteiger partial charge in [0.15, 0.2) is 0 Å². The number of ether oxygens (including phenoxy) is 2. The number of rotatable bonds is 8. The van der Waals surface area contributed by atoms with Gasteiger partial charge in [-0.05, 0) is 29.2 Å². The van der Waals surface area contributed by atoms with Crippen LogP contribution in [0, 0.1) is 0 Å². The maximum atomic E-state index is 12.9. The summed E-state index contributed by atoms with van der Waals surface area (Å²) in [5, 5.41) is 2.50. The second-order valence-electron chi connectivity index (χ2n) is 4.79. The Balaban J connectivity index is 1.76. The molecule has 0 aliphatic carbocycles. The summed E-state index contributed by atoms with van der Waals surface area (Å²) in [5.74, 6) is 0. The van der Waals surface area contributed by atoms with Gasteiger partial charge in [0, 0.05) is 0 Å². The number of fused-ring (bicyclic) bond motifs is 1. The number of benzene rings is 2. The molecule has 0 heterocycles. The Bertz CT molecular complexity index is 522. The number of hydrogen-bond acceptors (Lipinski definition) is 2. The van der Waals surface area contributed by atoms with Crippen molar-refractivity contribution in [1.29, 1.82) is 0 Å². The quantitative estimate of drug-likeness (QED) is 0.533. The second-order valence-corrected chi connectivity index (χ2v) is 4.79. The summed E-state index contributed by atoms with van der Waals surface area (Å²) >= 11 is 0. The molecule has 2 nitrogen and oxygen atoms in total. The van der Waals surface area contributed by atoms with Gasteiger partial charge in [-0.25, -0.2) is 4.39 Å². The predicted molar refractivity (Wildman–Crippen MR) is 79.6 cm³/mol. The van der Waals surface area contributed by atoms with Gasteiger partial charge in [-0.2, -0.15) is 0 Å². The summed E-state index contributed by atoms with van der Waals surface area (Å²) in [5.41, 5.74) is 1.26. The fourth-order valence-electron chi connectivity index (χ4n) is 2.10. The maximum Gasteiger partial charge on any atom is 0.146 e. The third kappa shape index (κ3) is 4.29. The molecule has 0 spiro atoms. The van der Waals surface area contributed by atoms with E-state index >= 15 is 0 Å². The number of hydrogen-bond donors (Lipinski definition) is 0. The molecular weight excluding hydrogens is 255 g/mol. The van der Waals surface area contributed by atoms with Crippen LogP contribution in [0.1, 0.15) is 18.9 Å². The highest BCUT2D eigenvalue weighted by atomic mass is 19.1. The first-order chi connectivity index (χ1) is 9.81. The SMILES string of the molecule is CCC(F)COCOCCc1cccc2ccccc12. The van der Waals surface area contributed by atoms with Crippen LogP contribution in [0.3, 0.4) is 0 Å². The molecule has 2 aromatic rings. The third-order valence-corrected chi connectivity index (χ3v) is 3.30. The average molecular weight is 276 g/mol. The molecule has 0 bridgehead atoms. The Hall–Kier alpha value is -1.45. The lowest BCUT2D eigenvalue weighted by atomic mass is 10.0. The molecule has 20 heavy (non-hydrogen) atoms. The molecule has 0 N–H and O–H groups in total. The highest BCUT2D eigenvalue weighted by molar-refractivity contribution is 5.85. The summed E-state index contributed by atoms with van der Waals surface area (Å²) in [4.78, 5) is 0. The summed E-state index contributed by atoms with van der Waals surface area (Å²) in [6.45, 7) is 2.66. The fourth-order valence-corrected chi connectivity index (χ4v) is 2.10. The number of halogens is 1. The highest BCUT2D eigenvalue weighted by Gasteiger charge is 2.03. The van der Waals surface area contributed by atoms with Crippen LogP contribution in [-0.4, -0.2) is 26.2 Å². The van der Waals surface area contributed by atoms with E-state index in [4.69, 9.17) is 9.47 Å². The van der Waals surface area contributed by atoms with E-state index in [1.54, 1.807) is 6.92 Å². The van der Waals surface area contributed by atoms with Crippen molar-refractivity contribution in [2.75, 3.05) is 20.0 Å². The monoisotopic (exact) mass is 276 g/mol. The van der Waals surface area contributed by atoms with Crippen LogP contribution in [0.15, 0.2) is 42.5 Å². The minimum absolute atomic E-state index is 0.116. The summed E-state index contributed by atoms with van der Waals surface area (Å²) in [6.07, 6.45) is 0.421. The van der Waals surface area contributed by atoms with E-state index in [1.807, 2.05) is 12.1 Å². The Labute approximate surface area is 119 Å². The largest absolute Gasteiger partial charge is 0.355 e. The van der Waals surface area contributed by atoms with E-state index in [0.29, 0.717) is 13.0 Å². The molecule has 2 aromatic carbocycles. The van der Waals surface area contributed by atoms with Gasteiger partial charge in [0.05, 0.1) is 13.2 Å². The van der Waals surface area contributed by atoms with Crippen LogP contribution in [0.5, 0.6) is 0 Å².